The lowest BCUT2D eigenvalue weighted by Gasteiger charge is -1.91. The van der Waals surface area contributed by atoms with E-state index in [0.717, 1.165) is 18.4 Å². The molecule has 1 aromatic carbocycles. The molecule has 0 fully saturated rings. The fraction of sp³-hybridized carbons (Fsp3) is 0.375. The minimum Gasteiger partial charge on any atom is -0.410 e. The van der Waals surface area contributed by atoms with Gasteiger partial charge in [0.1, 0.15) is 0 Å². The van der Waals surface area contributed by atoms with Crippen LogP contribution in [0.15, 0.2) is 34.7 Å². The predicted octanol–water partition coefficient (Wildman–Crippen LogP) is 4.06. The Kier molecular flexibility index (Phi) is 5.18. The van der Waals surface area contributed by atoms with E-state index >= 15 is 0 Å². The molecule has 0 bridgehead atoms. The zero-order valence-electron chi connectivity index (χ0n) is 11.2. The van der Waals surface area contributed by atoms with Gasteiger partial charge in [-0.25, -0.2) is 0 Å². The molecule has 0 unspecified atom stereocenters. The normalized spacial score (nSPS) is 9.95. The lowest BCUT2D eigenvalue weighted by Crippen LogP contribution is -1.76. The molecule has 0 aliphatic rings. The largest absolute Gasteiger partial charge is 0.410 e. The van der Waals surface area contributed by atoms with Gasteiger partial charge in [0.25, 0.3) is 5.89 Å². The molecule has 0 radical (unpaired) electrons. The van der Waals surface area contributed by atoms with Crippen molar-refractivity contribution in [3.63, 3.8) is 0 Å². The van der Waals surface area contributed by atoms with E-state index in [1.165, 1.54) is 19.3 Å². The van der Waals surface area contributed by atoms with Crippen LogP contribution < -0.4 is 0 Å². The Balaban J connectivity index is 1.90. The summed E-state index contributed by atoms with van der Waals surface area (Å²) in [6.45, 7) is 2.20. The zero-order chi connectivity index (χ0) is 13.3. The van der Waals surface area contributed by atoms with Crippen molar-refractivity contribution < 1.29 is 4.42 Å². The highest BCUT2D eigenvalue weighted by molar-refractivity contribution is 5.52. The molecule has 2 aromatic rings. The molecule has 1 aromatic heterocycles. The van der Waals surface area contributed by atoms with Gasteiger partial charge in [-0.1, -0.05) is 55.4 Å². The van der Waals surface area contributed by atoms with Gasteiger partial charge in [-0.3, -0.25) is 0 Å². The number of rotatable bonds is 5. The Morgan fingerprint density at radius 2 is 1.89 bits per heavy atom. The number of hydrogen-bond donors (Lipinski definition) is 0. The molecule has 98 valence electrons. The van der Waals surface area contributed by atoms with Crippen LogP contribution in [-0.2, 0) is 0 Å². The summed E-state index contributed by atoms with van der Waals surface area (Å²) in [7, 11) is 0. The zero-order valence-corrected chi connectivity index (χ0v) is 11.2. The maximum Gasteiger partial charge on any atom is 0.294 e. The third-order valence-corrected chi connectivity index (χ3v) is 2.80. The average molecular weight is 254 g/mol. The highest BCUT2D eigenvalue weighted by atomic mass is 16.4. The van der Waals surface area contributed by atoms with Crippen molar-refractivity contribution in [2.45, 2.75) is 39.0 Å². The van der Waals surface area contributed by atoms with Crippen LogP contribution >= 0.6 is 0 Å². The van der Waals surface area contributed by atoms with Crippen LogP contribution in [0.1, 0.15) is 44.9 Å². The second-order valence-electron chi connectivity index (χ2n) is 4.39. The molecule has 0 atom stereocenters. The Hall–Kier alpha value is -2.08. The Morgan fingerprint density at radius 1 is 1.05 bits per heavy atom. The van der Waals surface area contributed by atoms with Gasteiger partial charge >= 0.3 is 0 Å². The molecule has 3 nitrogen and oxygen atoms in total. The van der Waals surface area contributed by atoms with E-state index in [1.54, 1.807) is 0 Å². The van der Waals surface area contributed by atoms with E-state index in [-0.39, 0.29) is 0 Å². The van der Waals surface area contributed by atoms with Crippen LogP contribution in [0.4, 0.5) is 0 Å². The summed E-state index contributed by atoms with van der Waals surface area (Å²) in [6.07, 6.45) is 5.80. The Labute approximate surface area is 114 Å². The van der Waals surface area contributed by atoms with Gasteiger partial charge in [0.15, 0.2) is 0 Å². The number of aromatic nitrogens is 2. The number of hydrogen-bond acceptors (Lipinski definition) is 3. The molecule has 0 spiro atoms. The lowest BCUT2D eigenvalue weighted by atomic mass is 10.2. The summed E-state index contributed by atoms with van der Waals surface area (Å²) in [5.74, 6) is 6.92. The van der Waals surface area contributed by atoms with Crippen molar-refractivity contribution >= 4 is 0 Å². The van der Waals surface area contributed by atoms with Gasteiger partial charge < -0.3 is 4.42 Å². The molecule has 0 N–H and O–H groups in total. The fourth-order valence-electron chi connectivity index (χ4n) is 1.75. The second-order valence-corrected chi connectivity index (χ2v) is 4.39. The van der Waals surface area contributed by atoms with Gasteiger partial charge in [-0.15, -0.1) is 5.10 Å². The van der Waals surface area contributed by atoms with Crippen molar-refractivity contribution in [2.75, 3.05) is 0 Å². The summed E-state index contributed by atoms with van der Waals surface area (Å²) in [5.41, 5.74) is 0.922. The molecule has 0 saturated carbocycles. The van der Waals surface area contributed by atoms with Gasteiger partial charge in [0, 0.05) is 12.0 Å². The topological polar surface area (TPSA) is 38.9 Å². The minimum absolute atomic E-state index is 0.398. The smallest absolute Gasteiger partial charge is 0.294 e. The first-order valence-corrected chi connectivity index (χ1v) is 6.78. The molecule has 0 saturated heterocycles. The van der Waals surface area contributed by atoms with Gasteiger partial charge in [-0.2, -0.15) is 0 Å². The lowest BCUT2D eigenvalue weighted by molar-refractivity contribution is 0.554. The first-order valence-electron chi connectivity index (χ1n) is 6.78. The first kappa shape index (κ1) is 13.4. The molecule has 19 heavy (non-hydrogen) atoms. The summed E-state index contributed by atoms with van der Waals surface area (Å²) >= 11 is 0. The molecule has 0 aliphatic heterocycles. The summed E-state index contributed by atoms with van der Waals surface area (Å²) in [6, 6.07) is 9.72. The van der Waals surface area contributed by atoms with Gasteiger partial charge in [-0.05, 0) is 24.5 Å². The van der Waals surface area contributed by atoms with Crippen molar-refractivity contribution in [2.24, 2.45) is 0 Å². The van der Waals surface area contributed by atoms with Crippen molar-refractivity contribution in [3.8, 4) is 23.3 Å². The average Bonchev–Trinajstić information content (AvgIpc) is 2.92. The Morgan fingerprint density at radius 3 is 2.68 bits per heavy atom. The molecular formula is C16H18N2O. The second kappa shape index (κ2) is 7.38. The first-order chi connectivity index (χ1) is 9.40. The van der Waals surface area contributed by atoms with Crippen molar-refractivity contribution in [1.82, 2.24) is 10.2 Å². The van der Waals surface area contributed by atoms with Crippen LogP contribution in [0.5, 0.6) is 0 Å². The number of unbranched alkanes of at least 4 members (excludes halogenated alkanes) is 4. The van der Waals surface area contributed by atoms with E-state index in [0.29, 0.717) is 11.8 Å². The molecule has 0 amide bonds. The third-order valence-electron chi connectivity index (χ3n) is 2.80. The van der Waals surface area contributed by atoms with E-state index in [2.05, 4.69) is 29.0 Å². The highest BCUT2D eigenvalue weighted by Crippen LogP contribution is 2.16. The van der Waals surface area contributed by atoms with Crippen LogP contribution in [0.3, 0.4) is 0 Å². The summed E-state index contributed by atoms with van der Waals surface area (Å²) < 4.78 is 5.50. The van der Waals surface area contributed by atoms with Crippen LogP contribution in [-0.4, -0.2) is 10.2 Å². The minimum atomic E-state index is 0.398. The third kappa shape index (κ3) is 4.26. The van der Waals surface area contributed by atoms with Gasteiger partial charge in [0.2, 0.25) is 5.89 Å². The molecular weight excluding hydrogens is 236 g/mol. The van der Waals surface area contributed by atoms with Crippen LogP contribution in [0, 0.1) is 11.8 Å². The van der Waals surface area contributed by atoms with E-state index in [1.807, 2.05) is 30.3 Å². The van der Waals surface area contributed by atoms with Crippen molar-refractivity contribution in [3.05, 3.63) is 36.2 Å². The SMILES string of the molecule is CCCCCCC#Cc1nnc(-c2ccccc2)o1. The number of nitrogens with zero attached hydrogens (tertiary/aromatic N) is 2. The van der Waals surface area contributed by atoms with Crippen molar-refractivity contribution in [1.29, 1.82) is 0 Å². The quantitative estimate of drug-likeness (QED) is 0.596. The molecule has 2 rings (SSSR count). The molecule has 0 aliphatic carbocycles. The maximum atomic E-state index is 5.50. The molecule has 1 heterocycles. The maximum absolute atomic E-state index is 5.50. The monoisotopic (exact) mass is 254 g/mol. The summed E-state index contributed by atoms with van der Waals surface area (Å²) in [4.78, 5) is 0. The Bertz CT molecular complexity index is 549. The van der Waals surface area contributed by atoms with Gasteiger partial charge in [0.05, 0.1) is 0 Å². The highest BCUT2D eigenvalue weighted by Gasteiger charge is 2.05. The summed E-state index contributed by atoms with van der Waals surface area (Å²) in [5, 5.41) is 7.93. The standard InChI is InChI=1S/C16H18N2O/c1-2-3-4-5-6-10-13-15-17-18-16(19-15)14-11-8-7-9-12-14/h7-9,11-12H,2-6H2,1H3. The fourth-order valence-corrected chi connectivity index (χ4v) is 1.75. The van der Waals surface area contributed by atoms with Crippen LogP contribution in [0.25, 0.3) is 11.5 Å². The van der Waals surface area contributed by atoms with E-state index in [4.69, 9.17) is 4.42 Å². The number of benzene rings is 1. The van der Waals surface area contributed by atoms with E-state index in [9.17, 15) is 0 Å². The van der Waals surface area contributed by atoms with Crippen LogP contribution in [0.2, 0.25) is 0 Å². The molecule has 3 heteroatoms. The van der Waals surface area contributed by atoms with E-state index < -0.39 is 0 Å². The predicted molar refractivity (Wildman–Crippen MR) is 75.4 cm³/mol.